The maximum atomic E-state index is 5.90. The third-order valence-electron chi connectivity index (χ3n) is 3.58. The minimum absolute atomic E-state index is 0.170. The van der Waals surface area contributed by atoms with Gasteiger partial charge in [0.15, 0.2) is 0 Å². The molecule has 3 nitrogen and oxygen atoms in total. The zero-order valence-corrected chi connectivity index (χ0v) is 11.6. The summed E-state index contributed by atoms with van der Waals surface area (Å²) in [6.45, 7) is 7.39. The van der Waals surface area contributed by atoms with Gasteiger partial charge in [0, 0.05) is 30.1 Å². The van der Waals surface area contributed by atoms with Crippen LogP contribution >= 0.6 is 0 Å². The molecule has 0 heterocycles. The van der Waals surface area contributed by atoms with Gasteiger partial charge < -0.3 is 15.8 Å². The summed E-state index contributed by atoms with van der Waals surface area (Å²) in [5.41, 5.74) is 8.16. The number of anilines is 2. The molecule has 0 bridgehead atoms. The Morgan fingerprint density at radius 3 is 2.61 bits per heavy atom. The summed E-state index contributed by atoms with van der Waals surface area (Å²) in [5, 5.41) is 3.48. The lowest BCUT2D eigenvalue weighted by atomic mass is 9.70. The summed E-state index contributed by atoms with van der Waals surface area (Å²) in [6.07, 6.45) is 4.16. The second-order valence-corrected chi connectivity index (χ2v) is 5.98. The van der Waals surface area contributed by atoms with Crippen molar-refractivity contribution in [3.8, 4) is 5.75 Å². The monoisotopic (exact) mass is 248 g/mol. The van der Waals surface area contributed by atoms with Crippen LogP contribution in [0.4, 0.5) is 11.4 Å². The fourth-order valence-corrected chi connectivity index (χ4v) is 2.34. The summed E-state index contributed by atoms with van der Waals surface area (Å²) < 4.78 is 5.69. The van der Waals surface area contributed by atoms with Gasteiger partial charge in [0.25, 0.3) is 0 Å². The Kier molecular flexibility index (Phi) is 3.69. The molecule has 1 aromatic rings. The van der Waals surface area contributed by atoms with E-state index >= 15 is 0 Å². The number of hydrogen-bond acceptors (Lipinski definition) is 3. The van der Waals surface area contributed by atoms with Gasteiger partial charge in [-0.05, 0) is 38.2 Å². The summed E-state index contributed by atoms with van der Waals surface area (Å²) in [6, 6.07) is 5.86. The molecule has 1 aliphatic carbocycles. The normalized spacial score (nSPS) is 17.3. The number of benzene rings is 1. The Morgan fingerprint density at radius 2 is 2.06 bits per heavy atom. The number of hydrogen-bond donors (Lipinski definition) is 2. The predicted octanol–water partition coefficient (Wildman–Crippen LogP) is 3.66. The molecule has 3 N–H and O–H groups in total. The van der Waals surface area contributed by atoms with Gasteiger partial charge in [-0.3, -0.25) is 0 Å². The molecule has 1 aromatic carbocycles. The molecule has 0 aliphatic heterocycles. The SMILES string of the molecule is CC(C)Oc1cc(N)cc(NCC2(C)CCC2)c1. The molecule has 1 saturated carbocycles. The molecule has 18 heavy (non-hydrogen) atoms. The Hall–Kier alpha value is -1.38. The molecule has 0 atom stereocenters. The lowest BCUT2D eigenvalue weighted by molar-refractivity contribution is 0.180. The highest BCUT2D eigenvalue weighted by Crippen LogP contribution is 2.40. The van der Waals surface area contributed by atoms with Crippen LogP contribution in [0.25, 0.3) is 0 Å². The van der Waals surface area contributed by atoms with E-state index in [1.54, 1.807) is 0 Å². The summed E-state index contributed by atoms with van der Waals surface area (Å²) in [4.78, 5) is 0. The quantitative estimate of drug-likeness (QED) is 0.782. The Balaban J connectivity index is 2.00. The summed E-state index contributed by atoms with van der Waals surface area (Å²) >= 11 is 0. The standard InChI is InChI=1S/C15H24N2O/c1-11(2)18-14-8-12(16)7-13(9-14)17-10-15(3)5-4-6-15/h7-9,11,17H,4-6,10,16H2,1-3H3. The van der Waals surface area contributed by atoms with Crippen molar-refractivity contribution in [2.45, 2.75) is 46.1 Å². The minimum atomic E-state index is 0.170. The molecule has 2 rings (SSSR count). The third kappa shape index (κ3) is 3.31. The number of rotatable bonds is 5. The van der Waals surface area contributed by atoms with E-state index in [1.807, 2.05) is 32.0 Å². The predicted molar refractivity (Wildman–Crippen MR) is 77.1 cm³/mol. The van der Waals surface area contributed by atoms with Crippen molar-refractivity contribution in [1.82, 2.24) is 0 Å². The van der Waals surface area contributed by atoms with Crippen LogP contribution in [0.15, 0.2) is 18.2 Å². The van der Waals surface area contributed by atoms with Crippen LogP contribution in [0.5, 0.6) is 5.75 Å². The van der Waals surface area contributed by atoms with E-state index < -0.39 is 0 Å². The van der Waals surface area contributed by atoms with Crippen molar-refractivity contribution in [3.05, 3.63) is 18.2 Å². The second-order valence-electron chi connectivity index (χ2n) is 5.98. The molecule has 0 radical (unpaired) electrons. The fourth-order valence-electron chi connectivity index (χ4n) is 2.34. The highest BCUT2D eigenvalue weighted by atomic mass is 16.5. The minimum Gasteiger partial charge on any atom is -0.491 e. The first-order valence-electron chi connectivity index (χ1n) is 6.78. The molecule has 0 aromatic heterocycles. The van der Waals surface area contributed by atoms with Gasteiger partial charge in [-0.2, -0.15) is 0 Å². The van der Waals surface area contributed by atoms with Crippen LogP contribution < -0.4 is 15.8 Å². The number of nitrogens with two attached hydrogens (primary N) is 1. The molecule has 100 valence electrons. The smallest absolute Gasteiger partial charge is 0.123 e. The lowest BCUT2D eigenvalue weighted by Gasteiger charge is -2.38. The van der Waals surface area contributed by atoms with Crippen molar-refractivity contribution in [2.75, 3.05) is 17.6 Å². The largest absolute Gasteiger partial charge is 0.491 e. The Labute approximate surface area is 110 Å². The zero-order chi connectivity index (χ0) is 13.2. The van der Waals surface area contributed by atoms with E-state index in [-0.39, 0.29) is 6.10 Å². The summed E-state index contributed by atoms with van der Waals surface area (Å²) in [7, 11) is 0. The van der Waals surface area contributed by atoms with E-state index in [2.05, 4.69) is 12.2 Å². The average Bonchev–Trinajstić information content (AvgIpc) is 2.22. The maximum absolute atomic E-state index is 5.90. The number of ether oxygens (including phenoxy) is 1. The van der Waals surface area contributed by atoms with Gasteiger partial charge in [0.05, 0.1) is 6.10 Å². The van der Waals surface area contributed by atoms with Crippen LogP contribution in [0.2, 0.25) is 0 Å². The van der Waals surface area contributed by atoms with Gasteiger partial charge in [0.2, 0.25) is 0 Å². The van der Waals surface area contributed by atoms with Gasteiger partial charge in [-0.1, -0.05) is 13.3 Å². The van der Waals surface area contributed by atoms with E-state index in [0.717, 1.165) is 23.7 Å². The first-order valence-corrected chi connectivity index (χ1v) is 6.78. The van der Waals surface area contributed by atoms with Crippen molar-refractivity contribution in [2.24, 2.45) is 5.41 Å². The summed E-state index contributed by atoms with van der Waals surface area (Å²) in [5.74, 6) is 0.839. The van der Waals surface area contributed by atoms with Crippen molar-refractivity contribution in [3.63, 3.8) is 0 Å². The lowest BCUT2D eigenvalue weighted by Crippen LogP contribution is -2.33. The van der Waals surface area contributed by atoms with Crippen LogP contribution in [0.3, 0.4) is 0 Å². The topological polar surface area (TPSA) is 47.3 Å². The molecule has 0 spiro atoms. The Bertz CT molecular complexity index is 411. The van der Waals surface area contributed by atoms with Gasteiger partial charge in [0.1, 0.15) is 5.75 Å². The van der Waals surface area contributed by atoms with Crippen LogP contribution in [0.1, 0.15) is 40.0 Å². The highest BCUT2D eigenvalue weighted by molar-refractivity contribution is 5.59. The molecule has 1 aliphatic rings. The van der Waals surface area contributed by atoms with E-state index in [0.29, 0.717) is 5.41 Å². The third-order valence-corrected chi connectivity index (χ3v) is 3.58. The molecule has 3 heteroatoms. The maximum Gasteiger partial charge on any atom is 0.123 e. The van der Waals surface area contributed by atoms with E-state index in [4.69, 9.17) is 10.5 Å². The van der Waals surface area contributed by atoms with Gasteiger partial charge in [-0.25, -0.2) is 0 Å². The van der Waals surface area contributed by atoms with Crippen LogP contribution in [0, 0.1) is 5.41 Å². The fraction of sp³-hybridized carbons (Fsp3) is 0.600. The van der Waals surface area contributed by atoms with Gasteiger partial charge >= 0.3 is 0 Å². The molecular weight excluding hydrogens is 224 g/mol. The van der Waals surface area contributed by atoms with E-state index in [9.17, 15) is 0 Å². The average molecular weight is 248 g/mol. The molecule has 0 saturated heterocycles. The van der Waals surface area contributed by atoms with E-state index in [1.165, 1.54) is 19.3 Å². The second kappa shape index (κ2) is 5.09. The molecular formula is C15H24N2O. The first kappa shape index (κ1) is 13.1. The van der Waals surface area contributed by atoms with Crippen LogP contribution in [-0.4, -0.2) is 12.6 Å². The Morgan fingerprint density at radius 1 is 1.33 bits per heavy atom. The number of nitrogens with one attached hydrogen (secondary N) is 1. The highest BCUT2D eigenvalue weighted by Gasteiger charge is 2.31. The first-order chi connectivity index (χ1) is 8.47. The van der Waals surface area contributed by atoms with Crippen molar-refractivity contribution in [1.29, 1.82) is 0 Å². The van der Waals surface area contributed by atoms with Gasteiger partial charge in [-0.15, -0.1) is 0 Å². The van der Waals surface area contributed by atoms with Crippen molar-refractivity contribution < 1.29 is 4.74 Å². The van der Waals surface area contributed by atoms with Crippen molar-refractivity contribution >= 4 is 11.4 Å². The molecule has 1 fully saturated rings. The van der Waals surface area contributed by atoms with Crippen LogP contribution in [-0.2, 0) is 0 Å². The zero-order valence-electron chi connectivity index (χ0n) is 11.6. The molecule has 0 amide bonds. The molecule has 0 unspecified atom stereocenters. The number of nitrogen functional groups attached to an aromatic ring is 1.